The molecule has 0 saturated heterocycles. The van der Waals surface area contributed by atoms with Crippen LogP contribution in [0.1, 0.15) is 23.9 Å². The van der Waals surface area contributed by atoms with Crippen LogP contribution in [0.3, 0.4) is 0 Å². The quantitative estimate of drug-likeness (QED) is 0.280. The van der Waals surface area contributed by atoms with E-state index < -0.39 is 0 Å². The van der Waals surface area contributed by atoms with Crippen LogP contribution >= 0.6 is 0 Å². The number of aromatic nitrogens is 1. The molecule has 32 heavy (non-hydrogen) atoms. The van der Waals surface area contributed by atoms with E-state index in [4.69, 9.17) is 4.42 Å². The van der Waals surface area contributed by atoms with Crippen molar-refractivity contribution >= 4 is 40.3 Å². The van der Waals surface area contributed by atoms with Crippen molar-refractivity contribution in [1.29, 1.82) is 0 Å². The molecule has 0 aliphatic carbocycles. The average molecular weight is 417 g/mol. The lowest BCUT2D eigenvalue weighted by molar-refractivity contribution is 0.589. The highest BCUT2D eigenvalue weighted by molar-refractivity contribution is 5.79. The van der Waals surface area contributed by atoms with Gasteiger partial charge in [-0.05, 0) is 72.2 Å². The first-order valence-electron chi connectivity index (χ1n) is 10.9. The van der Waals surface area contributed by atoms with Gasteiger partial charge >= 0.3 is 0 Å². The standard InChI is InChI=1S/C29H24N2O/c1-2-22-15-19-28-27(21-22)30-29(32-28)20-16-23-13-17-26(18-14-23)31(24-9-5-3-6-10-24)25-11-7-4-8-12-25/h3-21H,2H2,1H3/b20-16+. The number of fused-ring (bicyclic) bond motifs is 1. The number of nitrogens with zero attached hydrogens (tertiary/aromatic N) is 2. The van der Waals surface area contributed by atoms with Gasteiger partial charge in [-0.15, -0.1) is 0 Å². The van der Waals surface area contributed by atoms with Gasteiger partial charge in [0.15, 0.2) is 5.58 Å². The third kappa shape index (κ3) is 4.19. The molecule has 1 heterocycles. The second-order valence-corrected chi connectivity index (χ2v) is 7.64. The van der Waals surface area contributed by atoms with E-state index in [1.54, 1.807) is 0 Å². The minimum absolute atomic E-state index is 0.618. The lowest BCUT2D eigenvalue weighted by atomic mass is 10.1. The fourth-order valence-electron chi connectivity index (χ4n) is 3.79. The molecular formula is C29H24N2O. The van der Waals surface area contributed by atoms with Crippen LogP contribution in [0.15, 0.2) is 108 Å². The van der Waals surface area contributed by atoms with Crippen molar-refractivity contribution < 1.29 is 4.42 Å². The number of aryl methyl sites for hydroxylation is 1. The molecule has 4 aromatic carbocycles. The molecule has 0 aliphatic heterocycles. The van der Waals surface area contributed by atoms with Crippen molar-refractivity contribution in [1.82, 2.24) is 4.98 Å². The van der Waals surface area contributed by atoms with Gasteiger partial charge in [-0.2, -0.15) is 0 Å². The average Bonchev–Trinajstić information content (AvgIpc) is 3.27. The molecule has 1 aromatic heterocycles. The Morgan fingerprint density at radius 1 is 0.719 bits per heavy atom. The van der Waals surface area contributed by atoms with Gasteiger partial charge in [-0.3, -0.25) is 0 Å². The summed E-state index contributed by atoms with van der Waals surface area (Å²) in [7, 11) is 0. The second-order valence-electron chi connectivity index (χ2n) is 7.64. The van der Waals surface area contributed by atoms with Gasteiger partial charge < -0.3 is 9.32 Å². The SMILES string of the molecule is CCc1ccc2oc(/C=C/c3ccc(N(c4ccccc4)c4ccccc4)cc3)nc2c1. The molecule has 3 nitrogen and oxygen atoms in total. The van der Waals surface area contributed by atoms with Crippen molar-refractivity contribution in [2.24, 2.45) is 0 Å². The van der Waals surface area contributed by atoms with E-state index in [0.29, 0.717) is 5.89 Å². The highest BCUT2D eigenvalue weighted by Gasteiger charge is 2.11. The van der Waals surface area contributed by atoms with Gasteiger partial charge in [-0.1, -0.05) is 61.5 Å². The number of hydrogen-bond donors (Lipinski definition) is 0. The van der Waals surface area contributed by atoms with Crippen LogP contribution in [0.2, 0.25) is 0 Å². The molecule has 3 heteroatoms. The van der Waals surface area contributed by atoms with Crippen LogP contribution in [0.5, 0.6) is 0 Å². The van der Waals surface area contributed by atoms with Crippen LogP contribution in [0.25, 0.3) is 23.3 Å². The van der Waals surface area contributed by atoms with Crippen molar-refractivity contribution in [2.45, 2.75) is 13.3 Å². The molecule has 156 valence electrons. The first-order chi connectivity index (χ1) is 15.8. The Morgan fingerprint density at radius 2 is 1.34 bits per heavy atom. The fraction of sp³-hybridized carbons (Fsp3) is 0.0690. The summed E-state index contributed by atoms with van der Waals surface area (Å²) in [5.41, 5.74) is 7.43. The third-order valence-corrected chi connectivity index (χ3v) is 5.48. The predicted octanol–water partition coefficient (Wildman–Crippen LogP) is 8.03. The fourth-order valence-corrected chi connectivity index (χ4v) is 3.79. The molecule has 0 N–H and O–H groups in total. The van der Waals surface area contributed by atoms with Crippen molar-refractivity contribution in [3.8, 4) is 0 Å². The maximum Gasteiger partial charge on any atom is 0.220 e. The van der Waals surface area contributed by atoms with Gasteiger partial charge in [0.2, 0.25) is 5.89 Å². The van der Waals surface area contributed by atoms with Crippen molar-refractivity contribution in [3.63, 3.8) is 0 Å². The monoisotopic (exact) mass is 416 g/mol. The molecular weight excluding hydrogens is 392 g/mol. The van der Waals surface area contributed by atoms with E-state index in [9.17, 15) is 0 Å². The first-order valence-corrected chi connectivity index (χ1v) is 10.9. The van der Waals surface area contributed by atoms with E-state index in [2.05, 4.69) is 102 Å². The summed E-state index contributed by atoms with van der Waals surface area (Å²) >= 11 is 0. The van der Waals surface area contributed by atoms with Crippen LogP contribution < -0.4 is 4.90 Å². The minimum atomic E-state index is 0.618. The second kappa shape index (κ2) is 8.94. The zero-order chi connectivity index (χ0) is 21.8. The number of hydrogen-bond acceptors (Lipinski definition) is 3. The molecule has 5 aromatic rings. The summed E-state index contributed by atoms with van der Waals surface area (Å²) in [4.78, 5) is 6.85. The number of para-hydroxylation sites is 2. The Balaban J connectivity index is 1.41. The van der Waals surface area contributed by atoms with E-state index in [1.165, 1.54) is 5.56 Å². The Morgan fingerprint density at radius 3 is 1.97 bits per heavy atom. The Bertz CT molecular complexity index is 1300. The van der Waals surface area contributed by atoms with Gasteiger partial charge in [0, 0.05) is 23.1 Å². The number of anilines is 3. The van der Waals surface area contributed by atoms with E-state index in [0.717, 1.165) is 40.1 Å². The molecule has 0 spiro atoms. The molecule has 0 amide bonds. The summed E-state index contributed by atoms with van der Waals surface area (Å²) in [6, 6.07) is 35.5. The number of oxazole rings is 1. The molecule has 5 rings (SSSR count). The summed E-state index contributed by atoms with van der Waals surface area (Å²) < 4.78 is 5.86. The molecule has 0 unspecified atom stereocenters. The smallest absolute Gasteiger partial charge is 0.220 e. The Kier molecular flexibility index (Phi) is 5.54. The number of benzene rings is 4. The van der Waals surface area contributed by atoms with Gasteiger partial charge in [-0.25, -0.2) is 4.98 Å². The number of rotatable bonds is 6. The molecule has 0 saturated carbocycles. The zero-order valence-electron chi connectivity index (χ0n) is 18.0. The van der Waals surface area contributed by atoms with Gasteiger partial charge in [0.1, 0.15) is 5.52 Å². The molecule has 0 fully saturated rings. The molecule has 0 bridgehead atoms. The topological polar surface area (TPSA) is 29.3 Å². The van der Waals surface area contributed by atoms with E-state index in [1.807, 2.05) is 30.4 Å². The van der Waals surface area contributed by atoms with E-state index >= 15 is 0 Å². The zero-order valence-corrected chi connectivity index (χ0v) is 18.0. The third-order valence-electron chi connectivity index (χ3n) is 5.48. The van der Waals surface area contributed by atoms with Crippen molar-refractivity contribution in [3.05, 3.63) is 120 Å². The maximum absolute atomic E-state index is 5.86. The predicted molar refractivity (Wildman–Crippen MR) is 133 cm³/mol. The summed E-state index contributed by atoms with van der Waals surface area (Å²) in [6.45, 7) is 2.14. The lowest BCUT2D eigenvalue weighted by Crippen LogP contribution is -2.09. The Hall–Kier alpha value is -4.11. The lowest BCUT2D eigenvalue weighted by Gasteiger charge is -2.25. The molecule has 0 atom stereocenters. The summed E-state index contributed by atoms with van der Waals surface area (Å²) in [5.74, 6) is 0.618. The largest absolute Gasteiger partial charge is 0.437 e. The Labute approximate surface area is 188 Å². The summed E-state index contributed by atoms with van der Waals surface area (Å²) in [5, 5.41) is 0. The highest BCUT2D eigenvalue weighted by atomic mass is 16.3. The molecule has 0 aliphatic rings. The normalized spacial score (nSPS) is 11.3. The van der Waals surface area contributed by atoms with Gasteiger partial charge in [0.25, 0.3) is 0 Å². The van der Waals surface area contributed by atoms with Crippen LogP contribution in [0, 0.1) is 0 Å². The van der Waals surface area contributed by atoms with Crippen LogP contribution in [0.4, 0.5) is 17.1 Å². The van der Waals surface area contributed by atoms with E-state index in [-0.39, 0.29) is 0 Å². The maximum atomic E-state index is 5.86. The van der Waals surface area contributed by atoms with Gasteiger partial charge in [0.05, 0.1) is 0 Å². The van der Waals surface area contributed by atoms with Crippen LogP contribution in [-0.2, 0) is 6.42 Å². The minimum Gasteiger partial charge on any atom is -0.437 e. The van der Waals surface area contributed by atoms with Crippen LogP contribution in [-0.4, -0.2) is 4.98 Å². The highest BCUT2D eigenvalue weighted by Crippen LogP contribution is 2.34. The molecule has 0 radical (unpaired) electrons. The summed E-state index contributed by atoms with van der Waals surface area (Å²) in [6.07, 6.45) is 4.95. The van der Waals surface area contributed by atoms with Crippen molar-refractivity contribution in [2.75, 3.05) is 4.90 Å². The first kappa shape index (κ1) is 19.8.